The van der Waals surface area contributed by atoms with Gasteiger partial charge in [-0.25, -0.2) is 0 Å². The van der Waals surface area contributed by atoms with Gasteiger partial charge in [0.1, 0.15) is 0 Å². The highest BCUT2D eigenvalue weighted by Gasteiger charge is 2.19. The number of Topliss-reactive ketones (excluding diaryl/α,β-unsaturated/α-hetero) is 1. The number of ketones is 1. The van der Waals surface area contributed by atoms with Gasteiger partial charge in [-0.1, -0.05) is 27.2 Å². The van der Waals surface area contributed by atoms with Crippen LogP contribution in [0.2, 0.25) is 0 Å². The van der Waals surface area contributed by atoms with Crippen LogP contribution in [-0.4, -0.2) is 5.78 Å². The van der Waals surface area contributed by atoms with Gasteiger partial charge in [0.25, 0.3) is 0 Å². The zero-order valence-electron chi connectivity index (χ0n) is 9.88. The average Bonchev–Trinajstić information content (AvgIpc) is 2.67. The molecule has 0 spiro atoms. The molecule has 1 heterocycles. The van der Waals surface area contributed by atoms with Crippen molar-refractivity contribution in [2.75, 3.05) is 0 Å². The minimum atomic E-state index is 0.115. The van der Waals surface area contributed by atoms with E-state index in [4.69, 9.17) is 4.42 Å². The van der Waals surface area contributed by atoms with Crippen molar-refractivity contribution in [1.82, 2.24) is 0 Å². The summed E-state index contributed by atoms with van der Waals surface area (Å²) in [5.74, 6) is 0.603. The van der Waals surface area contributed by atoms with E-state index in [1.165, 1.54) is 12.8 Å². The van der Waals surface area contributed by atoms with Crippen LogP contribution in [0.4, 0.5) is 0 Å². The Labute approximate surface area is 91.7 Å². The molecule has 1 aromatic rings. The van der Waals surface area contributed by atoms with Gasteiger partial charge in [-0.2, -0.15) is 0 Å². The summed E-state index contributed by atoms with van der Waals surface area (Å²) in [4.78, 5) is 11.7. The van der Waals surface area contributed by atoms with Crippen molar-refractivity contribution < 1.29 is 9.21 Å². The third kappa shape index (κ3) is 3.90. The maximum Gasteiger partial charge on any atom is 0.197 e. The van der Waals surface area contributed by atoms with Gasteiger partial charge in [0.2, 0.25) is 0 Å². The largest absolute Gasteiger partial charge is 0.461 e. The van der Waals surface area contributed by atoms with E-state index in [1.807, 2.05) is 0 Å². The summed E-state index contributed by atoms with van der Waals surface area (Å²) in [6, 6.07) is 3.49. The fraction of sp³-hybridized carbons (Fsp3) is 0.615. The molecule has 0 radical (unpaired) electrons. The summed E-state index contributed by atoms with van der Waals surface area (Å²) in [6.45, 7) is 6.61. The van der Waals surface area contributed by atoms with Gasteiger partial charge in [-0.3, -0.25) is 4.79 Å². The first kappa shape index (κ1) is 12.0. The molecule has 84 valence electrons. The van der Waals surface area contributed by atoms with Gasteiger partial charge >= 0.3 is 0 Å². The van der Waals surface area contributed by atoms with E-state index in [1.54, 1.807) is 18.4 Å². The van der Waals surface area contributed by atoms with Crippen molar-refractivity contribution in [2.24, 2.45) is 5.41 Å². The van der Waals surface area contributed by atoms with E-state index in [0.29, 0.717) is 12.2 Å². The van der Waals surface area contributed by atoms with Crippen LogP contribution < -0.4 is 0 Å². The standard InChI is InChI=1S/C13H20O2/c1-4-8-13(2,3)9-7-11(14)12-6-5-10-15-12/h5-6,10H,4,7-9H2,1-3H3. The van der Waals surface area contributed by atoms with Gasteiger partial charge in [0.05, 0.1) is 6.26 Å². The highest BCUT2D eigenvalue weighted by atomic mass is 16.3. The summed E-state index contributed by atoms with van der Waals surface area (Å²) >= 11 is 0. The SMILES string of the molecule is CCCC(C)(C)CCC(=O)c1ccco1. The molecule has 0 amide bonds. The van der Waals surface area contributed by atoms with Gasteiger partial charge in [0.15, 0.2) is 11.5 Å². The molecule has 1 aromatic heterocycles. The van der Waals surface area contributed by atoms with E-state index in [0.717, 1.165) is 6.42 Å². The van der Waals surface area contributed by atoms with Crippen LogP contribution in [0.25, 0.3) is 0 Å². The zero-order valence-corrected chi connectivity index (χ0v) is 9.88. The van der Waals surface area contributed by atoms with Crippen molar-refractivity contribution in [3.8, 4) is 0 Å². The van der Waals surface area contributed by atoms with Crippen molar-refractivity contribution >= 4 is 5.78 Å². The molecule has 15 heavy (non-hydrogen) atoms. The molecule has 1 rings (SSSR count). The normalized spacial score (nSPS) is 11.7. The molecule has 0 aliphatic rings. The lowest BCUT2D eigenvalue weighted by atomic mass is 9.83. The summed E-state index contributed by atoms with van der Waals surface area (Å²) in [7, 11) is 0. The Morgan fingerprint density at radius 3 is 2.67 bits per heavy atom. The molecule has 0 aromatic carbocycles. The van der Waals surface area contributed by atoms with Crippen molar-refractivity contribution in [3.05, 3.63) is 24.2 Å². The first-order valence-corrected chi connectivity index (χ1v) is 5.62. The number of carbonyl (C=O) groups excluding carboxylic acids is 1. The second kappa shape index (κ2) is 5.15. The van der Waals surface area contributed by atoms with Crippen LogP contribution in [0.1, 0.15) is 57.0 Å². The molecule has 0 aliphatic carbocycles. The molecule has 0 fully saturated rings. The lowest BCUT2D eigenvalue weighted by Crippen LogP contribution is -2.13. The Bertz CT molecular complexity index is 296. The number of carbonyl (C=O) groups is 1. The number of hydrogen-bond donors (Lipinski definition) is 0. The van der Waals surface area contributed by atoms with E-state index in [2.05, 4.69) is 20.8 Å². The second-order valence-corrected chi connectivity index (χ2v) is 4.81. The van der Waals surface area contributed by atoms with Crippen molar-refractivity contribution in [2.45, 2.75) is 46.5 Å². The smallest absolute Gasteiger partial charge is 0.197 e. The van der Waals surface area contributed by atoms with Crippen LogP contribution in [0, 0.1) is 5.41 Å². The number of hydrogen-bond acceptors (Lipinski definition) is 2. The van der Waals surface area contributed by atoms with E-state index >= 15 is 0 Å². The summed E-state index contributed by atoms with van der Waals surface area (Å²) in [6.07, 6.45) is 5.39. The second-order valence-electron chi connectivity index (χ2n) is 4.81. The zero-order chi connectivity index (χ0) is 11.3. The molecular weight excluding hydrogens is 188 g/mol. The lowest BCUT2D eigenvalue weighted by molar-refractivity contribution is 0.0934. The average molecular weight is 208 g/mol. The van der Waals surface area contributed by atoms with E-state index in [-0.39, 0.29) is 11.2 Å². The first-order valence-electron chi connectivity index (χ1n) is 5.62. The molecule has 0 aliphatic heterocycles. The predicted octanol–water partition coefficient (Wildman–Crippen LogP) is 4.07. The maximum absolute atomic E-state index is 11.7. The predicted molar refractivity (Wildman–Crippen MR) is 61.0 cm³/mol. The molecule has 0 atom stereocenters. The maximum atomic E-state index is 11.7. The fourth-order valence-electron chi connectivity index (χ4n) is 1.81. The fourth-order valence-corrected chi connectivity index (χ4v) is 1.81. The Kier molecular flexibility index (Phi) is 4.13. The molecule has 2 heteroatoms. The minimum Gasteiger partial charge on any atom is -0.461 e. The quantitative estimate of drug-likeness (QED) is 0.660. The highest BCUT2D eigenvalue weighted by Crippen LogP contribution is 2.28. The summed E-state index contributed by atoms with van der Waals surface area (Å²) in [5, 5.41) is 0. The van der Waals surface area contributed by atoms with E-state index < -0.39 is 0 Å². The number of furan rings is 1. The van der Waals surface area contributed by atoms with Gasteiger partial charge in [-0.15, -0.1) is 0 Å². The van der Waals surface area contributed by atoms with Crippen molar-refractivity contribution in [3.63, 3.8) is 0 Å². The van der Waals surface area contributed by atoms with Crippen LogP contribution >= 0.6 is 0 Å². The lowest BCUT2D eigenvalue weighted by Gasteiger charge is -2.23. The number of rotatable bonds is 6. The Morgan fingerprint density at radius 1 is 1.40 bits per heavy atom. The summed E-state index contributed by atoms with van der Waals surface area (Å²) in [5.41, 5.74) is 0.261. The van der Waals surface area contributed by atoms with E-state index in [9.17, 15) is 4.79 Å². The minimum absolute atomic E-state index is 0.115. The molecule has 2 nitrogen and oxygen atoms in total. The molecule has 0 N–H and O–H groups in total. The monoisotopic (exact) mass is 208 g/mol. The van der Waals surface area contributed by atoms with Crippen LogP contribution in [-0.2, 0) is 0 Å². The first-order chi connectivity index (χ1) is 7.05. The van der Waals surface area contributed by atoms with Gasteiger partial charge in [0, 0.05) is 6.42 Å². The third-order valence-electron chi connectivity index (χ3n) is 2.75. The highest BCUT2D eigenvalue weighted by molar-refractivity contribution is 5.93. The van der Waals surface area contributed by atoms with Crippen molar-refractivity contribution in [1.29, 1.82) is 0 Å². The molecular formula is C13H20O2. The Balaban J connectivity index is 2.40. The van der Waals surface area contributed by atoms with Gasteiger partial charge < -0.3 is 4.42 Å². The third-order valence-corrected chi connectivity index (χ3v) is 2.75. The Morgan fingerprint density at radius 2 is 2.13 bits per heavy atom. The summed E-state index contributed by atoms with van der Waals surface area (Å²) < 4.78 is 5.07. The molecule has 0 saturated heterocycles. The topological polar surface area (TPSA) is 30.2 Å². The Hall–Kier alpha value is -1.05. The molecule has 0 saturated carbocycles. The van der Waals surface area contributed by atoms with Crippen LogP contribution in [0.3, 0.4) is 0 Å². The molecule has 0 unspecified atom stereocenters. The van der Waals surface area contributed by atoms with Crippen LogP contribution in [0.5, 0.6) is 0 Å². The van der Waals surface area contributed by atoms with Crippen LogP contribution in [0.15, 0.2) is 22.8 Å². The van der Waals surface area contributed by atoms with Gasteiger partial charge in [-0.05, 0) is 30.4 Å². The molecule has 0 bridgehead atoms.